The highest BCUT2D eigenvalue weighted by molar-refractivity contribution is 5.89. The Balaban J connectivity index is 1.85. The summed E-state index contributed by atoms with van der Waals surface area (Å²) in [7, 11) is 0. The quantitative estimate of drug-likeness (QED) is 0.547. The second kappa shape index (κ2) is 3.38. The maximum Gasteiger partial charge on any atom is 0.164 e. The molecule has 20 heavy (non-hydrogen) atoms. The normalized spacial score (nSPS) is 57.3. The summed E-state index contributed by atoms with van der Waals surface area (Å²) < 4.78 is 5.99. The lowest BCUT2D eigenvalue weighted by molar-refractivity contribution is -0.121. The van der Waals surface area contributed by atoms with E-state index in [0.717, 1.165) is 32.1 Å². The minimum atomic E-state index is -0.691. The van der Waals surface area contributed by atoms with Gasteiger partial charge in [-0.25, -0.2) is 0 Å². The van der Waals surface area contributed by atoms with Crippen molar-refractivity contribution < 1.29 is 14.6 Å². The number of hydrogen-bond donors (Lipinski definition) is 1. The van der Waals surface area contributed by atoms with Crippen LogP contribution >= 0.6 is 0 Å². The number of epoxide rings is 1. The maximum absolute atomic E-state index is 12.0. The molecule has 0 aromatic rings. The average Bonchev–Trinajstić information content (AvgIpc) is 3.05. The molecule has 1 saturated heterocycles. The van der Waals surface area contributed by atoms with Gasteiger partial charge in [-0.3, -0.25) is 4.79 Å². The molecule has 3 aliphatic carbocycles. The Labute approximate surface area is 120 Å². The van der Waals surface area contributed by atoms with Crippen molar-refractivity contribution in [1.82, 2.24) is 0 Å². The average molecular weight is 276 g/mol. The van der Waals surface area contributed by atoms with Crippen molar-refractivity contribution in [3.63, 3.8) is 0 Å². The summed E-state index contributed by atoms with van der Waals surface area (Å²) in [5.41, 5.74) is 0.153. The van der Waals surface area contributed by atoms with Gasteiger partial charge in [-0.1, -0.05) is 19.9 Å². The van der Waals surface area contributed by atoms with Crippen molar-refractivity contribution in [2.45, 2.75) is 76.6 Å². The summed E-state index contributed by atoms with van der Waals surface area (Å²) >= 11 is 0. The molecular formula is C17H24O3. The zero-order valence-electron chi connectivity index (χ0n) is 12.7. The largest absolute Gasteiger partial charge is 0.386 e. The molecule has 2 saturated carbocycles. The number of Topliss-reactive ketones (excluding diaryl/α,β-unsaturated/α-hetero) is 1. The molecule has 4 rings (SSSR count). The molecular weight excluding hydrogens is 252 g/mol. The molecule has 3 fully saturated rings. The molecule has 0 aromatic heterocycles. The minimum absolute atomic E-state index is 0.00632. The second-order valence-electron chi connectivity index (χ2n) is 8.19. The Bertz CT molecular complexity index is 534. The number of rotatable bonds is 0. The molecule has 0 bridgehead atoms. The highest BCUT2D eigenvalue weighted by atomic mass is 16.6. The number of carbonyl (C=O) groups excluding carboxylic acids is 1. The molecule has 3 heteroatoms. The molecule has 1 aliphatic heterocycles. The summed E-state index contributed by atoms with van der Waals surface area (Å²) in [5.74, 6) is 0.283. The fourth-order valence-electron chi connectivity index (χ4n) is 5.35. The third-order valence-corrected chi connectivity index (χ3v) is 6.58. The lowest BCUT2D eigenvalue weighted by atomic mass is 9.50. The number of carbonyl (C=O) groups is 1. The molecule has 5 atom stereocenters. The first-order chi connectivity index (χ1) is 9.23. The van der Waals surface area contributed by atoms with Crippen molar-refractivity contribution in [3.8, 4) is 0 Å². The fourth-order valence-corrected chi connectivity index (χ4v) is 5.35. The van der Waals surface area contributed by atoms with E-state index in [4.69, 9.17) is 4.74 Å². The molecule has 0 amide bonds. The molecule has 4 aliphatic rings. The Hall–Kier alpha value is -0.670. The van der Waals surface area contributed by atoms with Crippen molar-refractivity contribution in [1.29, 1.82) is 0 Å². The van der Waals surface area contributed by atoms with E-state index in [9.17, 15) is 9.90 Å². The van der Waals surface area contributed by atoms with Gasteiger partial charge in [-0.2, -0.15) is 0 Å². The van der Waals surface area contributed by atoms with Gasteiger partial charge < -0.3 is 9.84 Å². The first-order valence-corrected chi connectivity index (χ1v) is 7.89. The van der Waals surface area contributed by atoms with Crippen LogP contribution in [0, 0.1) is 10.8 Å². The molecule has 1 N–H and O–H groups in total. The Morgan fingerprint density at radius 1 is 1.25 bits per heavy atom. The van der Waals surface area contributed by atoms with Gasteiger partial charge in [0.15, 0.2) is 5.78 Å². The van der Waals surface area contributed by atoms with Crippen molar-refractivity contribution in [3.05, 3.63) is 11.6 Å². The summed E-state index contributed by atoms with van der Waals surface area (Å²) in [6.45, 7) is 6.42. The molecule has 1 heterocycles. The van der Waals surface area contributed by atoms with Gasteiger partial charge in [0, 0.05) is 11.8 Å². The van der Waals surface area contributed by atoms with E-state index in [2.05, 4.69) is 19.9 Å². The van der Waals surface area contributed by atoms with E-state index in [1.165, 1.54) is 5.57 Å². The summed E-state index contributed by atoms with van der Waals surface area (Å²) in [4.78, 5) is 12.0. The first kappa shape index (κ1) is 13.0. The number of fused-ring (bicyclic) bond motifs is 1. The van der Waals surface area contributed by atoms with E-state index in [0.29, 0.717) is 6.42 Å². The Morgan fingerprint density at radius 3 is 2.75 bits per heavy atom. The van der Waals surface area contributed by atoms with Crippen LogP contribution in [-0.4, -0.2) is 28.2 Å². The number of aliphatic hydroxyl groups is 1. The van der Waals surface area contributed by atoms with E-state index in [1.807, 2.05) is 6.92 Å². The van der Waals surface area contributed by atoms with Gasteiger partial charge in [0.1, 0.15) is 11.7 Å². The lowest BCUT2D eigenvalue weighted by Gasteiger charge is -2.54. The predicted octanol–water partition coefficient (Wildman–Crippen LogP) is 2.76. The van der Waals surface area contributed by atoms with E-state index < -0.39 is 5.60 Å². The summed E-state index contributed by atoms with van der Waals surface area (Å²) in [5, 5.41) is 10.8. The zero-order chi connectivity index (χ0) is 14.4. The Morgan fingerprint density at radius 2 is 2.00 bits per heavy atom. The van der Waals surface area contributed by atoms with Gasteiger partial charge in [0.05, 0.1) is 5.60 Å². The molecule has 110 valence electrons. The van der Waals surface area contributed by atoms with Crippen LogP contribution in [0.1, 0.15) is 59.3 Å². The predicted molar refractivity (Wildman–Crippen MR) is 75.2 cm³/mol. The van der Waals surface area contributed by atoms with Gasteiger partial charge in [-0.05, 0) is 50.0 Å². The van der Waals surface area contributed by atoms with Crippen LogP contribution in [0.5, 0.6) is 0 Å². The third kappa shape index (κ3) is 1.36. The molecule has 0 radical (unpaired) electrons. The maximum atomic E-state index is 12.0. The number of ketones is 1. The summed E-state index contributed by atoms with van der Waals surface area (Å²) in [6, 6.07) is 0. The van der Waals surface area contributed by atoms with Crippen molar-refractivity contribution in [2.75, 3.05) is 0 Å². The minimum Gasteiger partial charge on any atom is -0.386 e. The van der Waals surface area contributed by atoms with Crippen LogP contribution in [-0.2, 0) is 9.53 Å². The van der Waals surface area contributed by atoms with Gasteiger partial charge in [0.25, 0.3) is 0 Å². The lowest BCUT2D eigenvalue weighted by Crippen LogP contribution is -2.54. The van der Waals surface area contributed by atoms with Crippen LogP contribution in [0.3, 0.4) is 0 Å². The molecule has 1 spiro atoms. The SMILES string of the molecule is C[C@@]12CCC[C@@](C)(O)C1=C[C@@]1(C)CCC(=O)[C@@H]3O[C@@]31C2. The van der Waals surface area contributed by atoms with Crippen LogP contribution in [0.15, 0.2) is 11.6 Å². The van der Waals surface area contributed by atoms with Crippen LogP contribution in [0.4, 0.5) is 0 Å². The standard InChI is InChI=1S/C17H24O3/c1-14-6-4-7-16(3,19)12(14)9-15(2)8-5-11(18)13-17(15,10-14)20-13/h9,13,19H,4-8,10H2,1-3H3/t13-,14-,15+,16+,17-/m0/s1. The fraction of sp³-hybridized carbons (Fsp3) is 0.824. The smallest absolute Gasteiger partial charge is 0.164 e. The van der Waals surface area contributed by atoms with E-state index >= 15 is 0 Å². The number of hydrogen-bond acceptors (Lipinski definition) is 3. The highest BCUT2D eigenvalue weighted by Gasteiger charge is 2.74. The Kier molecular flexibility index (Phi) is 2.20. The van der Waals surface area contributed by atoms with Crippen molar-refractivity contribution >= 4 is 5.78 Å². The molecule has 0 unspecified atom stereocenters. The first-order valence-electron chi connectivity index (χ1n) is 7.89. The molecule has 0 aromatic carbocycles. The second-order valence-corrected chi connectivity index (χ2v) is 8.19. The van der Waals surface area contributed by atoms with Gasteiger partial charge in [0.2, 0.25) is 0 Å². The third-order valence-electron chi connectivity index (χ3n) is 6.58. The molecule has 3 nitrogen and oxygen atoms in total. The summed E-state index contributed by atoms with van der Waals surface area (Å²) in [6.07, 6.45) is 7.48. The number of ether oxygens (including phenoxy) is 1. The topological polar surface area (TPSA) is 49.8 Å². The van der Waals surface area contributed by atoms with Crippen LogP contribution < -0.4 is 0 Å². The van der Waals surface area contributed by atoms with Gasteiger partial charge >= 0.3 is 0 Å². The monoisotopic (exact) mass is 276 g/mol. The van der Waals surface area contributed by atoms with Crippen molar-refractivity contribution in [2.24, 2.45) is 10.8 Å². The highest BCUT2D eigenvalue weighted by Crippen LogP contribution is 2.68. The van der Waals surface area contributed by atoms with Crippen LogP contribution in [0.2, 0.25) is 0 Å². The van der Waals surface area contributed by atoms with Crippen LogP contribution in [0.25, 0.3) is 0 Å². The van der Waals surface area contributed by atoms with Gasteiger partial charge in [-0.15, -0.1) is 0 Å². The van der Waals surface area contributed by atoms with E-state index in [1.54, 1.807) is 0 Å². The van der Waals surface area contributed by atoms with E-state index in [-0.39, 0.29) is 28.3 Å². The zero-order valence-corrected chi connectivity index (χ0v) is 12.7.